The van der Waals surface area contributed by atoms with Gasteiger partial charge < -0.3 is 10.6 Å². The van der Waals surface area contributed by atoms with Gasteiger partial charge in [0.1, 0.15) is 0 Å². The number of likely N-dealkylation sites (tertiary alicyclic amines) is 1. The van der Waals surface area contributed by atoms with E-state index in [1.54, 1.807) is 0 Å². The standard InChI is InChI=1S/C17H28N2/c1-16(2)10-7-12-19(13-11-16)14-17(3,18)15-8-5-4-6-9-15/h4-6,8-9H,7,10-14,18H2,1-3H3. The van der Waals surface area contributed by atoms with Gasteiger partial charge in [-0.2, -0.15) is 0 Å². The van der Waals surface area contributed by atoms with Crippen LogP contribution in [0.3, 0.4) is 0 Å². The van der Waals surface area contributed by atoms with Crippen molar-refractivity contribution < 1.29 is 0 Å². The summed E-state index contributed by atoms with van der Waals surface area (Å²) in [6.45, 7) is 10.2. The van der Waals surface area contributed by atoms with E-state index >= 15 is 0 Å². The quantitative estimate of drug-likeness (QED) is 0.903. The fourth-order valence-electron chi connectivity index (χ4n) is 3.01. The number of rotatable bonds is 3. The zero-order valence-electron chi connectivity index (χ0n) is 12.7. The minimum atomic E-state index is -0.254. The Morgan fingerprint density at radius 3 is 2.53 bits per heavy atom. The van der Waals surface area contributed by atoms with Gasteiger partial charge in [-0.15, -0.1) is 0 Å². The highest BCUT2D eigenvalue weighted by Crippen LogP contribution is 2.30. The third-order valence-corrected chi connectivity index (χ3v) is 4.42. The van der Waals surface area contributed by atoms with Gasteiger partial charge in [0.2, 0.25) is 0 Å². The third-order valence-electron chi connectivity index (χ3n) is 4.42. The molecular formula is C17H28N2. The number of nitrogens with zero attached hydrogens (tertiary/aromatic N) is 1. The molecule has 2 heteroatoms. The normalized spacial score (nSPS) is 23.6. The van der Waals surface area contributed by atoms with E-state index in [2.05, 4.69) is 49.9 Å². The summed E-state index contributed by atoms with van der Waals surface area (Å²) < 4.78 is 0. The van der Waals surface area contributed by atoms with E-state index in [-0.39, 0.29) is 5.54 Å². The predicted octanol–water partition coefficient (Wildman–Crippen LogP) is 3.37. The van der Waals surface area contributed by atoms with Gasteiger partial charge in [0.25, 0.3) is 0 Å². The van der Waals surface area contributed by atoms with Gasteiger partial charge in [-0.1, -0.05) is 44.2 Å². The lowest BCUT2D eigenvalue weighted by Crippen LogP contribution is -2.45. The second kappa shape index (κ2) is 5.64. The average molecular weight is 260 g/mol. The maximum atomic E-state index is 6.55. The third kappa shape index (κ3) is 4.05. The molecule has 19 heavy (non-hydrogen) atoms. The smallest absolute Gasteiger partial charge is 0.0509 e. The highest BCUT2D eigenvalue weighted by molar-refractivity contribution is 5.23. The van der Waals surface area contributed by atoms with Gasteiger partial charge in [0.05, 0.1) is 5.54 Å². The van der Waals surface area contributed by atoms with E-state index in [0.29, 0.717) is 5.41 Å². The molecule has 2 rings (SSSR count). The first kappa shape index (κ1) is 14.5. The van der Waals surface area contributed by atoms with E-state index in [4.69, 9.17) is 5.73 Å². The average Bonchev–Trinajstić information content (AvgIpc) is 2.52. The molecule has 1 unspecified atom stereocenters. The Morgan fingerprint density at radius 1 is 1.16 bits per heavy atom. The Bertz CT molecular complexity index is 395. The second-order valence-electron chi connectivity index (χ2n) is 7.08. The summed E-state index contributed by atoms with van der Waals surface area (Å²) in [7, 11) is 0. The summed E-state index contributed by atoms with van der Waals surface area (Å²) in [5.74, 6) is 0. The molecule has 1 heterocycles. The summed E-state index contributed by atoms with van der Waals surface area (Å²) in [5, 5.41) is 0. The fourth-order valence-corrected chi connectivity index (χ4v) is 3.01. The largest absolute Gasteiger partial charge is 0.321 e. The van der Waals surface area contributed by atoms with E-state index in [0.717, 1.165) is 6.54 Å². The van der Waals surface area contributed by atoms with Gasteiger partial charge in [-0.3, -0.25) is 0 Å². The van der Waals surface area contributed by atoms with E-state index < -0.39 is 0 Å². The zero-order valence-corrected chi connectivity index (χ0v) is 12.7. The Balaban J connectivity index is 2.00. The predicted molar refractivity (Wildman–Crippen MR) is 82.1 cm³/mol. The van der Waals surface area contributed by atoms with Crippen LogP contribution in [-0.4, -0.2) is 24.5 Å². The minimum Gasteiger partial charge on any atom is -0.321 e. The summed E-state index contributed by atoms with van der Waals surface area (Å²) in [6.07, 6.45) is 3.89. The van der Waals surface area contributed by atoms with E-state index in [1.807, 2.05) is 6.07 Å². The van der Waals surface area contributed by atoms with Crippen LogP contribution in [0, 0.1) is 5.41 Å². The maximum absolute atomic E-state index is 6.55. The van der Waals surface area contributed by atoms with Crippen LogP contribution in [0.15, 0.2) is 30.3 Å². The number of nitrogens with two attached hydrogens (primary N) is 1. The number of hydrogen-bond acceptors (Lipinski definition) is 2. The first-order chi connectivity index (χ1) is 8.89. The van der Waals surface area contributed by atoms with Crippen molar-refractivity contribution in [1.29, 1.82) is 0 Å². The van der Waals surface area contributed by atoms with Gasteiger partial charge in [0, 0.05) is 6.54 Å². The van der Waals surface area contributed by atoms with E-state index in [1.165, 1.54) is 37.9 Å². The molecule has 2 N–H and O–H groups in total. The number of benzene rings is 1. The van der Waals surface area contributed by atoms with Crippen molar-refractivity contribution in [3.05, 3.63) is 35.9 Å². The molecule has 1 atom stereocenters. The Kier molecular flexibility index (Phi) is 4.32. The lowest BCUT2D eigenvalue weighted by molar-refractivity contribution is 0.214. The summed E-state index contributed by atoms with van der Waals surface area (Å²) in [6, 6.07) is 10.5. The Labute approximate surface area is 118 Å². The first-order valence-electron chi connectivity index (χ1n) is 7.46. The summed E-state index contributed by atoms with van der Waals surface area (Å²) >= 11 is 0. The van der Waals surface area contributed by atoms with Crippen LogP contribution in [0.4, 0.5) is 0 Å². The van der Waals surface area contributed by atoms with Gasteiger partial charge in [-0.25, -0.2) is 0 Å². The van der Waals surface area contributed by atoms with Gasteiger partial charge >= 0.3 is 0 Å². The van der Waals surface area contributed by atoms with Crippen molar-refractivity contribution in [1.82, 2.24) is 4.90 Å². The van der Waals surface area contributed by atoms with Crippen LogP contribution in [-0.2, 0) is 5.54 Å². The lowest BCUT2D eigenvalue weighted by Gasteiger charge is -2.32. The summed E-state index contributed by atoms with van der Waals surface area (Å²) in [5.41, 5.74) is 8.02. The van der Waals surface area contributed by atoms with Crippen molar-refractivity contribution in [3.63, 3.8) is 0 Å². The SMILES string of the molecule is CC1(C)CCCN(CC(C)(N)c2ccccc2)CC1. The minimum absolute atomic E-state index is 0.254. The molecule has 1 aliphatic heterocycles. The van der Waals surface area contributed by atoms with Crippen LogP contribution in [0.1, 0.15) is 45.6 Å². The second-order valence-corrected chi connectivity index (χ2v) is 7.08. The van der Waals surface area contributed by atoms with Crippen LogP contribution in [0.5, 0.6) is 0 Å². The molecule has 0 spiro atoms. The lowest BCUT2D eigenvalue weighted by atomic mass is 9.85. The maximum Gasteiger partial charge on any atom is 0.0509 e. The van der Waals surface area contributed by atoms with Crippen LogP contribution in [0.2, 0.25) is 0 Å². The molecule has 0 aliphatic carbocycles. The monoisotopic (exact) mass is 260 g/mol. The molecule has 0 saturated carbocycles. The van der Waals surface area contributed by atoms with Crippen molar-refractivity contribution in [2.75, 3.05) is 19.6 Å². The molecule has 106 valence electrons. The first-order valence-corrected chi connectivity index (χ1v) is 7.46. The topological polar surface area (TPSA) is 29.3 Å². The molecule has 0 radical (unpaired) electrons. The molecule has 1 aromatic carbocycles. The fraction of sp³-hybridized carbons (Fsp3) is 0.647. The molecule has 0 aromatic heterocycles. The van der Waals surface area contributed by atoms with Crippen molar-refractivity contribution >= 4 is 0 Å². The molecule has 1 aromatic rings. The highest BCUT2D eigenvalue weighted by atomic mass is 15.1. The van der Waals surface area contributed by atoms with E-state index in [9.17, 15) is 0 Å². The Hall–Kier alpha value is -0.860. The van der Waals surface area contributed by atoms with Crippen molar-refractivity contribution in [2.45, 2.75) is 45.6 Å². The van der Waals surface area contributed by atoms with Gasteiger partial charge in [0.15, 0.2) is 0 Å². The van der Waals surface area contributed by atoms with Crippen molar-refractivity contribution in [3.8, 4) is 0 Å². The van der Waals surface area contributed by atoms with Gasteiger partial charge in [-0.05, 0) is 50.3 Å². The summed E-state index contributed by atoms with van der Waals surface area (Å²) in [4.78, 5) is 2.54. The zero-order chi connectivity index (χ0) is 13.9. The molecule has 0 bridgehead atoms. The van der Waals surface area contributed by atoms with Crippen LogP contribution in [0.25, 0.3) is 0 Å². The molecule has 2 nitrogen and oxygen atoms in total. The highest BCUT2D eigenvalue weighted by Gasteiger charge is 2.28. The Morgan fingerprint density at radius 2 is 1.84 bits per heavy atom. The van der Waals surface area contributed by atoms with Crippen LogP contribution < -0.4 is 5.73 Å². The molecule has 1 saturated heterocycles. The van der Waals surface area contributed by atoms with Crippen LogP contribution >= 0.6 is 0 Å². The van der Waals surface area contributed by atoms with Crippen molar-refractivity contribution in [2.24, 2.45) is 11.1 Å². The molecular weight excluding hydrogens is 232 g/mol. The molecule has 1 fully saturated rings. The molecule has 0 amide bonds. The molecule has 1 aliphatic rings. The number of hydrogen-bond donors (Lipinski definition) is 1.